The van der Waals surface area contributed by atoms with Gasteiger partial charge in [-0.1, -0.05) is 11.3 Å². The first-order valence-electron chi connectivity index (χ1n) is 7.10. The van der Waals surface area contributed by atoms with Gasteiger partial charge in [0.05, 0.1) is 5.69 Å². The Morgan fingerprint density at radius 3 is 2.83 bits per heavy atom. The SMILES string of the molecule is CC(=O)Nc1nc2c(s1)C(=O)C(=C(O)c1ccc(C#N)nc1)CC2. The molecule has 1 amide bonds. The summed E-state index contributed by atoms with van der Waals surface area (Å²) in [6.07, 6.45) is 2.21. The number of amides is 1. The Morgan fingerprint density at radius 1 is 1.42 bits per heavy atom. The Balaban J connectivity index is 1.95. The maximum Gasteiger partial charge on any atom is 0.223 e. The van der Waals surface area contributed by atoms with Crippen LogP contribution in [0.2, 0.25) is 0 Å². The van der Waals surface area contributed by atoms with E-state index in [-0.39, 0.29) is 28.7 Å². The molecular formula is C16H12N4O3S. The third-order valence-electron chi connectivity index (χ3n) is 3.51. The molecule has 2 heterocycles. The van der Waals surface area contributed by atoms with E-state index in [0.29, 0.717) is 34.1 Å². The topological polar surface area (TPSA) is 116 Å². The average molecular weight is 340 g/mol. The number of carbonyl (C=O) groups is 2. The van der Waals surface area contributed by atoms with Gasteiger partial charge in [-0.15, -0.1) is 0 Å². The zero-order chi connectivity index (χ0) is 17.3. The molecular weight excluding hydrogens is 328 g/mol. The molecule has 2 aromatic heterocycles. The zero-order valence-corrected chi connectivity index (χ0v) is 13.5. The number of nitriles is 1. The van der Waals surface area contributed by atoms with E-state index in [1.54, 1.807) is 6.07 Å². The minimum absolute atomic E-state index is 0.142. The Bertz CT molecular complexity index is 906. The van der Waals surface area contributed by atoms with Crippen molar-refractivity contribution in [3.05, 3.63) is 45.7 Å². The van der Waals surface area contributed by atoms with E-state index >= 15 is 0 Å². The second-order valence-corrected chi connectivity index (χ2v) is 6.18. The highest BCUT2D eigenvalue weighted by molar-refractivity contribution is 7.18. The molecule has 0 aromatic carbocycles. The van der Waals surface area contributed by atoms with Crippen LogP contribution in [0.3, 0.4) is 0 Å². The summed E-state index contributed by atoms with van der Waals surface area (Å²) in [6.45, 7) is 1.37. The Kier molecular flexibility index (Phi) is 4.10. The number of aromatic nitrogens is 2. The average Bonchev–Trinajstić information content (AvgIpc) is 2.97. The van der Waals surface area contributed by atoms with Gasteiger partial charge in [-0.05, 0) is 25.0 Å². The number of aliphatic hydroxyl groups excluding tert-OH is 1. The number of aliphatic hydroxyl groups is 1. The summed E-state index contributed by atoms with van der Waals surface area (Å²) in [4.78, 5) is 32.3. The van der Waals surface area contributed by atoms with Crippen molar-refractivity contribution >= 4 is 33.9 Å². The fraction of sp³-hybridized carbons (Fsp3) is 0.188. The largest absolute Gasteiger partial charge is 0.507 e. The van der Waals surface area contributed by atoms with Gasteiger partial charge in [0.2, 0.25) is 11.7 Å². The lowest BCUT2D eigenvalue weighted by Crippen LogP contribution is -2.14. The van der Waals surface area contributed by atoms with E-state index in [2.05, 4.69) is 15.3 Å². The van der Waals surface area contributed by atoms with Gasteiger partial charge in [-0.25, -0.2) is 9.97 Å². The van der Waals surface area contributed by atoms with Gasteiger partial charge in [-0.3, -0.25) is 9.59 Å². The molecule has 2 N–H and O–H groups in total. The fourth-order valence-electron chi connectivity index (χ4n) is 2.40. The second kappa shape index (κ2) is 6.22. The molecule has 1 aliphatic rings. The molecule has 2 aromatic rings. The molecule has 0 saturated heterocycles. The Labute approximate surface area is 141 Å². The number of ketones is 1. The smallest absolute Gasteiger partial charge is 0.223 e. The van der Waals surface area contributed by atoms with Crippen molar-refractivity contribution in [3.63, 3.8) is 0 Å². The fourth-order valence-corrected chi connectivity index (χ4v) is 3.42. The minimum Gasteiger partial charge on any atom is -0.507 e. The molecule has 0 atom stereocenters. The number of aryl methyl sites for hydroxylation is 1. The normalized spacial score (nSPS) is 15.4. The van der Waals surface area contributed by atoms with Crippen LogP contribution in [-0.4, -0.2) is 26.8 Å². The summed E-state index contributed by atoms with van der Waals surface area (Å²) >= 11 is 1.10. The molecule has 8 heteroatoms. The number of fused-ring (bicyclic) bond motifs is 1. The highest BCUT2D eigenvalue weighted by atomic mass is 32.1. The number of nitrogens with one attached hydrogen (secondary N) is 1. The summed E-state index contributed by atoms with van der Waals surface area (Å²) < 4.78 is 0. The van der Waals surface area contributed by atoms with Crippen LogP contribution in [0.25, 0.3) is 5.76 Å². The Hall–Kier alpha value is -3.05. The van der Waals surface area contributed by atoms with Crippen molar-refractivity contribution < 1.29 is 14.7 Å². The van der Waals surface area contributed by atoms with Gasteiger partial charge in [0, 0.05) is 24.3 Å². The molecule has 7 nitrogen and oxygen atoms in total. The molecule has 0 aliphatic heterocycles. The number of pyridine rings is 1. The summed E-state index contributed by atoms with van der Waals surface area (Å²) in [5.41, 5.74) is 1.53. The molecule has 120 valence electrons. The van der Waals surface area contributed by atoms with Crippen molar-refractivity contribution in [1.82, 2.24) is 9.97 Å². The first-order valence-corrected chi connectivity index (χ1v) is 7.92. The van der Waals surface area contributed by atoms with Crippen LogP contribution in [0.1, 0.15) is 40.0 Å². The number of rotatable bonds is 2. The lowest BCUT2D eigenvalue weighted by atomic mass is 9.93. The first kappa shape index (κ1) is 15.8. The van der Waals surface area contributed by atoms with E-state index in [4.69, 9.17) is 5.26 Å². The Morgan fingerprint density at radius 2 is 2.21 bits per heavy atom. The van der Waals surface area contributed by atoms with Gasteiger partial charge in [0.25, 0.3) is 0 Å². The predicted molar refractivity (Wildman–Crippen MR) is 87.6 cm³/mol. The molecule has 3 rings (SSSR count). The van der Waals surface area contributed by atoms with Crippen LogP contribution >= 0.6 is 11.3 Å². The van der Waals surface area contributed by atoms with E-state index < -0.39 is 0 Å². The molecule has 0 bridgehead atoms. The predicted octanol–water partition coefficient (Wildman–Crippen LogP) is 2.47. The number of allylic oxidation sites excluding steroid dienone is 1. The number of Topliss-reactive ketones (excluding diaryl/α,β-unsaturated/α-hetero) is 1. The maximum atomic E-state index is 12.6. The summed E-state index contributed by atoms with van der Waals surface area (Å²) in [7, 11) is 0. The maximum absolute atomic E-state index is 12.6. The van der Waals surface area contributed by atoms with Crippen LogP contribution in [0, 0.1) is 11.3 Å². The van der Waals surface area contributed by atoms with Crippen molar-refractivity contribution in [3.8, 4) is 6.07 Å². The van der Waals surface area contributed by atoms with Gasteiger partial charge >= 0.3 is 0 Å². The highest BCUT2D eigenvalue weighted by Gasteiger charge is 2.29. The van der Waals surface area contributed by atoms with Crippen molar-refractivity contribution in [2.24, 2.45) is 0 Å². The summed E-state index contributed by atoms with van der Waals surface area (Å²) in [5, 5.41) is 22.1. The van der Waals surface area contributed by atoms with E-state index in [1.165, 1.54) is 19.2 Å². The van der Waals surface area contributed by atoms with Crippen molar-refractivity contribution in [1.29, 1.82) is 5.26 Å². The second-order valence-electron chi connectivity index (χ2n) is 5.18. The quantitative estimate of drug-likeness (QED) is 0.641. The van der Waals surface area contributed by atoms with Gasteiger partial charge in [0.15, 0.2) is 5.13 Å². The number of nitrogens with zero attached hydrogens (tertiary/aromatic N) is 3. The molecule has 0 fully saturated rings. The molecule has 1 aliphatic carbocycles. The molecule has 0 spiro atoms. The van der Waals surface area contributed by atoms with Crippen molar-refractivity contribution in [2.45, 2.75) is 19.8 Å². The van der Waals surface area contributed by atoms with E-state index in [1.807, 2.05) is 6.07 Å². The van der Waals surface area contributed by atoms with Gasteiger partial charge in [-0.2, -0.15) is 5.26 Å². The van der Waals surface area contributed by atoms with Crippen LogP contribution < -0.4 is 5.32 Å². The van der Waals surface area contributed by atoms with Gasteiger partial charge < -0.3 is 10.4 Å². The third kappa shape index (κ3) is 2.89. The molecule has 0 unspecified atom stereocenters. The van der Waals surface area contributed by atoms with E-state index in [9.17, 15) is 14.7 Å². The molecule has 0 radical (unpaired) electrons. The standard InChI is InChI=1S/C16H12N4O3S/c1-8(21)19-16-20-12-5-4-11(14(23)15(12)24-16)13(22)9-2-3-10(6-17)18-7-9/h2-3,7,22H,4-5H2,1H3,(H,19,20,21). The van der Waals surface area contributed by atoms with Crippen LogP contribution in [0.5, 0.6) is 0 Å². The molecule has 0 saturated carbocycles. The van der Waals surface area contributed by atoms with Crippen LogP contribution in [0.4, 0.5) is 5.13 Å². The summed E-state index contributed by atoms with van der Waals surface area (Å²) in [6, 6.07) is 4.92. The monoisotopic (exact) mass is 340 g/mol. The minimum atomic E-state index is -0.299. The van der Waals surface area contributed by atoms with Crippen molar-refractivity contribution in [2.75, 3.05) is 5.32 Å². The zero-order valence-electron chi connectivity index (χ0n) is 12.7. The third-order valence-corrected chi connectivity index (χ3v) is 4.52. The number of anilines is 1. The van der Waals surface area contributed by atoms with Crippen LogP contribution in [0.15, 0.2) is 23.9 Å². The number of carbonyl (C=O) groups excluding carboxylic acids is 2. The van der Waals surface area contributed by atoms with Crippen LogP contribution in [-0.2, 0) is 11.2 Å². The number of thiazole rings is 1. The molecule has 24 heavy (non-hydrogen) atoms. The highest BCUT2D eigenvalue weighted by Crippen LogP contribution is 2.34. The number of hydrogen-bond donors (Lipinski definition) is 2. The van der Waals surface area contributed by atoms with E-state index in [0.717, 1.165) is 11.3 Å². The number of hydrogen-bond acceptors (Lipinski definition) is 7. The summed E-state index contributed by atoms with van der Waals surface area (Å²) in [5.74, 6) is -0.694. The lowest BCUT2D eigenvalue weighted by Gasteiger charge is -2.14. The first-order chi connectivity index (χ1) is 11.5. The van der Waals surface area contributed by atoms with Gasteiger partial charge in [0.1, 0.15) is 22.4 Å². The lowest BCUT2D eigenvalue weighted by molar-refractivity contribution is -0.114.